The van der Waals surface area contributed by atoms with Crippen molar-refractivity contribution in [2.75, 3.05) is 25.6 Å². The number of hydrogen-bond acceptors (Lipinski definition) is 6. The third kappa shape index (κ3) is 2.73. The van der Waals surface area contributed by atoms with E-state index in [9.17, 15) is 14.9 Å². The van der Waals surface area contributed by atoms with Crippen molar-refractivity contribution in [1.29, 1.82) is 0 Å². The highest BCUT2D eigenvalue weighted by molar-refractivity contribution is 9.10. The van der Waals surface area contributed by atoms with Crippen molar-refractivity contribution < 1.29 is 19.2 Å². The predicted octanol–water partition coefficient (Wildman–Crippen LogP) is 3.91. The lowest BCUT2D eigenvalue weighted by atomic mass is 9.77. The number of nitro groups is 1. The molecule has 32 heavy (non-hydrogen) atoms. The highest BCUT2D eigenvalue weighted by Gasteiger charge is 2.73. The lowest BCUT2D eigenvalue weighted by molar-refractivity contribution is -0.534. The number of carbonyl (C=O) groups is 1. The van der Waals surface area contributed by atoms with Crippen molar-refractivity contribution in [3.05, 3.63) is 62.1 Å². The maximum absolute atomic E-state index is 13.5. The molecule has 0 bridgehead atoms. The van der Waals surface area contributed by atoms with Crippen molar-refractivity contribution in [2.24, 2.45) is 0 Å². The number of methoxy groups -OCH3 is 1. The van der Waals surface area contributed by atoms with E-state index in [2.05, 4.69) is 26.1 Å². The number of halogens is 1. The predicted molar refractivity (Wildman–Crippen MR) is 122 cm³/mol. The summed E-state index contributed by atoms with van der Waals surface area (Å²) >= 11 is 3.63. The maximum atomic E-state index is 13.5. The third-order valence-corrected chi connectivity index (χ3v) is 7.72. The van der Waals surface area contributed by atoms with Crippen LogP contribution in [0.25, 0.3) is 0 Å². The first-order valence-electron chi connectivity index (χ1n) is 10.8. The quantitative estimate of drug-likeness (QED) is 0.492. The molecule has 3 aliphatic rings. The van der Waals surface area contributed by atoms with Gasteiger partial charge in [-0.25, -0.2) is 0 Å². The highest BCUT2D eigenvalue weighted by atomic mass is 79.9. The monoisotopic (exact) mass is 501 g/mol. The van der Waals surface area contributed by atoms with E-state index in [0.29, 0.717) is 40.4 Å². The Morgan fingerprint density at radius 1 is 1.31 bits per heavy atom. The van der Waals surface area contributed by atoms with Crippen LogP contribution in [0.4, 0.5) is 5.69 Å². The molecule has 0 aliphatic carbocycles. The molecule has 3 aliphatic heterocycles. The second-order valence-electron chi connectivity index (χ2n) is 8.38. The van der Waals surface area contributed by atoms with Crippen LogP contribution >= 0.6 is 15.9 Å². The van der Waals surface area contributed by atoms with Crippen LogP contribution in [0.15, 0.2) is 40.9 Å². The van der Waals surface area contributed by atoms with Gasteiger partial charge >= 0.3 is 0 Å². The van der Waals surface area contributed by atoms with Gasteiger partial charge in [-0.15, -0.1) is 0 Å². The number of rotatable bonds is 5. The van der Waals surface area contributed by atoms with Crippen molar-refractivity contribution in [1.82, 2.24) is 4.90 Å². The molecular weight excluding hydrogens is 478 g/mol. The van der Waals surface area contributed by atoms with Gasteiger partial charge in [-0.2, -0.15) is 0 Å². The number of benzene rings is 2. The fourth-order valence-electron chi connectivity index (χ4n) is 5.98. The molecule has 2 fully saturated rings. The van der Waals surface area contributed by atoms with Crippen molar-refractivity contribution >= 4 is 27.5 Å². The first-order chi connectivity index (χ1) is 15.4. The van der Waals surface area contributed by atoms with E-state index < -0.39 is 17.5 Å². The molecule has 9 heteroatoms. The first-order valence-corrected chi connectivity index (χ1v) is 11.6. The molecule has 3 heterocycles. The van der Waals surface area contributed by atoms with Crippen LogP contribution in [0.5, 0.6) is 11.5 Å². The molecule has 0 unspecified atom stereocenters. The first kappa shape index (κ1) is 21.2. The summed E-state index contributed by atoms with van der Waals surface area (Å²) < 4.78 is 11.9. The fraction of sp³-hybridized carbons (Fsp3) is 0.435. The molecule has 2 aromatic rings. The zero-order valence-electron chi connectivity index (χ0n) is 17.8. The maximum Gasteiger partial charge on any atom is 0.256 e. The summed E-state index contributed by atoms with van der Waals surface area (Å²) in [6, 6.07) is 9.68. The van der Waals surface area contributed by atoms with Gasteiger partial charge in [0.05, 0.1) is 19.6 Å². The zero-order valence-corrected chi connectivity index (χ0v) is 19.4. The Bertz CT molecular complexity index is 1110. The van der Waals surface area contributed by atoms with Gasteiger partial charge < -0.3 is 14.8 Å². The van der Waals surface area contributed by atoms with Gasteiger partial charge in [0.25, 0.3) is 11.9 Å². The van der Waals surface area contributed by atoms with Gasteiger partial charge in [0.2, 0.25) is 0 Å². The van der Waals surface area contributed by atoms with Gasteiger partial charge in [0, 0.05) is 33.2 Å². The Labute approximate surface area is 194 Å². The minimum Gasteiger partial charge on any atom is -0.493 e. The topological polar surface area (TPSA) is 93.9 Å². The standard InChI is InChI=1S/C23H24BrN3O5/c1-3-32-19-12-15(24)13(11-18(19)31-2)20-17-9-6-10-26(17)23(21(20)27(29)30)14-7-4-5-8-16(14)25-22(23)28/h4-5,7-8,11-12,17,20-21H,3,6,9-10H2,1-2H3,(H,25,28)/t17-,20+,21+,23+/m0/s1. The van der Waals surface area contributed by atoms with Crippen LogP contribution < -0.4 is 14.8 Å². The normalized spacial score (nSPS) is 28.5. The van der Waals surface area contributed by atoms with Gasteiger partial charge in [-0.3, -0.25) is 19.8 Å². The number of nitrogens with one attached hydrogen (secondary N) is 1. The molecule has 5 rings (SSSR count). The fourth-order valence-corrected chi connectivity index (χ4v) is 6.57. The average Bonchev–Trinajstić information content (AvgIpc) is 3.42. The summed E-state index contributed by atoms with van der Waals surface area (Å²) in [7, 11) is 1.55. The number of fused-ring (bicyclic) bond motifs is 4. The summed E-state index contributed by atoms with van der Waals surface area (Å²) in [5.41, 5.74) is 0.768. The van der Waals surface area contributed by atoms with E-state index in [4.69, 9.17) is 9.47 Å². The molecule has 2 saturated heterocycles. The number of nitrogens with zero attached hydrogens (tertiary/aromatic N) is 2. The summed E-state index contributed by atoms with van der Waals surface area (Å²) in [6.45, 7) is 3.00. The van der Waals surface area contributed by atoms with E-state index in [0.717, 1.165) is 18.4 Å². The minimum atomic E-state index is -1.34. The molecule has 0 saturated carbocycles. The molecular formula is C23H24BrN3O5. The number of anilines is 1. The number of carbonyl (C=O) groups excluding carboxylic acids is 1. The Balaban J connectivity index is 1.73. The molecule has 0 radical (unpaired) electrons. The highest BCUT2D eigenvalue weighted by Crippen LogP contribution is 2.59. The molecule has 4 atom stereocenters. The van der Waals surface area contributed by atoms with E-state index in [1.807, 2.05) is 43.3 Å². The van der Waals surface area contributed by atoms with Crippen molar-refractivity contribution in [3.63, 3.8) is 0 Å². The molecule has 1 N–H and O–H groups in total. The van der Waals surface area contributed by atoms with Crippen LogP contribution in [0.1, 0.15) is 36.8 Å². The van der Waals surface area contributed by atoms with E-state index in [-0.39, 0.29) is 16.9 Å². The Hall–Kier alpha value is -2.65. The van der Waals surface area contributed by atoms with E-state index >= 15 is 0 Å². The minimum absolute atomic E-state index is 0.138. The van der Waals surface area contributed by atoms with Gasteiger partial charge in [-0.05, 0) is 43.5 Å². The van der Waals surface area contributed by atoms with Crippen LogP contribution in [-0.4, -0.2) is 48.1 Å². The van der Waals surface area contributed by atoms with Gasteiger partial charge in [-0.1, -0.05) is 34.1 Å². The Morgan fingerprint density at radius 3 is 2.81 bits per heavy atom. The van der Waals surface area contributed by atoms with Crippen LogP contribution in [0, 0.1) is 10.1 Å². The van der Waals surface area contributed by atoms with Crippen molar-refractivity contribution in [2.45, 2.75) is 43.3 Å². The van der Waals surface area contributed by atoms with Crippen molar-refractivity contribution in [3.8, 4) is 11.5 Å². The molecule has 8 nitrogen and oxygen atoms in total. The summed E-state index contributed by atoms with van der Waals surface area (Å²) in [6.07, 6.45) is 1.67. The van der Waals surface area contributed by atoms with Crippen LogP contribution in [0.3, 0.4) is 0 Å². The van der Waals surface area contributed by atoms with E-state index in [1.54, 1.807) is 7.11 Å². The SMILES string of the molecule is CCOc1cc(Br)c([C@@H]2[C@@H]3CCCN3[C@@]3(C(=O)Nc4ccccc43)[C@@H]2[N+](=O)[O-])cc1OC. The van der Waals surface area contributed by atoms with Gasteiger partial charge in [0.1, 0.15) is 0 Å². The molecule has 1 spiro atoms. The molecule has 2 aromatic carbocycles. The zero-order chi connectivity index (χ0) is 22.6. The molecule has 168 valence electrons. The average molecular weight is 502 g/mol. The largest absolute Gasteiger partial charge is 0.493 e. The molecule has 0 aromatic heterocycles. The van der Waals surface area contributed by atoms with Crippen LogP contribution in [0.2, 0.25) is 0 Å². The van der Waals surface area contributed by atoms with Crippen LogP contribution in [-0.2, 0) is 10.3 Å². The lowest BCUT2D eigenvalue weighted by Gasteiger charge is -2.32. The third-order valence-electron chi connectivity index (χ3n) is 7.04. The summed E-state index contributed by atoms with van der Waals surface area (Å²) in [5, 5.41) is 15.6. The molecule has 1 amide bonds. The Morgan fingerprint density at radius 2 is 2.09 bits per heavy atom. The summed E-state index contributed by atoms with van der Waals surface area (Å²) in [4.78, 5) is 28.0. The second-order valence-corrected chi connectivity index (χ2v) is 9.24. The van der Waals surface area contributed by atoms with E-state index in [1.165, 1.54) is 0 Å². The lowest BCUT2D eigenvalue weighted by Crippen LogP contribution is -2.55. The number of para-hydroxylation sites is 1. The summed E-state index contributed by atoms with van der Waals surface area (Å²) in [5.74, 6) is 0.282. The Kier molecular flexibility index (Phi) is 5.13. The number of amides is 1. The smallest absolute Gasteiger partial charge is 0.256 e. The second kappa shape index (κ2) is 7.74. The number of hydrogen-bond donors (Lipinski definition) is 1. The van der Waals surface area contributed by atoms with Gasteiger partial charge in [0.15, 0.2) is 17.0 Å². The number of ether oxygens (including phenoxy) is 2.